The Morgan fingerprint density at radius 2 is 1.88 bits per heavy atom. The van der Waals surface area contributed by atoms with Crippen LogP contribution in [0.2, 0.25) is 0 Å². The number of hydrogen-bond donors (Lipinski definition) is 3. The second-order valence-corrected chi connectivity index (χ2v) is 9.73. The molecule has 0 aromatic heterocycles. The lowest BCUT2D eigenvalue weighted by molar-refractivity contribution is -0.139. The van der Waals surface area contributed by atoms with Crippen molar-refractivity contribution in [2.75, 3.05) is 19.8 Å². The highest BCUT2D eigenvalue weighted by Crippen LogP contribution is 2.36. The van der Waals surface area contributed by atoms with Crippen LogP contribution in [-0.4, -0.2) is 48.2 Å². The molecule has 9 nitrogen and oxygen atoms in total. The zero-order valence-electron chi connectivity index (χ0n) is 19.6. The van der Waals surface area contributed by atoms with Gasteiger partial charge in [-0.3, -0.25) is 15.0 Å². The fourth-order valence-electron chi connectivity index (χ4n) is 4.79. The highest BCUT2D eigenvalue weighted by molar-refractivity contribution is 6.08. The number of nitrogens with zero attached hydrogens (tertiary/aromatic N) is 1. The van der Waals surface area contributed by atoms with Gasteiger partial charge in [0.2, 0.25) is 0 Å². The van der Waals surface area contributed by atoms with Crippen LogP contribution in [0.5, 0.6) is 11.5 Å². The standard InChI is InChI=1S/C24H34N4O5/c1-15(2)21(17-5-6-18-19(13-17)33-12-4-11-32-18)25-14-20(29)27-28-22(30)24(26-23(28)31)9-7-16(3)8-10-24/h5-6,13,15-16,21,25H,4,7-12,14H2,1-3H3,(H,26,31)(H,27,29)/t16?,21-,24?/m1/s1. The summed E-state index contributed by atoms with van der Waals surface area (Å²) in [6.07, 6.45) is 3.78. The Balaban J connectivity index is 1.37. The Morgan fingerprint density at radius 3 is 2.58 bits per heavy atom. The summed E-state index contributed by atoms with van der Waals surface area (Å²) >= 11 is 0. The van der Waals surface area contributed by atoms with Crippen molar-refractivity contribution in [3.05, 3.63) is 23.8 Å². The minimum Gasteiger partial charge on any atom is -0.490 e. The molecule has 0 unspecified atom stereocenters. The zero-order valence-corrected chi connectivity index (χ0v) is 19.6. The molecular formula is C24H34N4O5. The molecule has 2 fully saturated rings. The summed E-state index contributed by atoms with van der Waals surface area (Å²) in [5.41, 5.74) is 2.59. The molecule has 3 N–H and O–H groups in total. The van der Waals surface area contributed by atoms with Crippen LogP contribution in [-0.2, 0) is 9.59 Å². The lowest BCUT2D eigenvalue weighted by atomic mass is 9.77. The number of nitrogens with one attached hydrogen (secondary N) is 3. The summed E-state index contributed by atoms with van der Waals surface area (Å²) in [5, 5.41) is 6.92. The summed E-state index contributed by atoms with van der Waals surface area (Å²) in [5.74, 6) is 1.34. The van der Waals surface area contributed by atoms with E-state index in [4.69, 9.17) is 9.47 Å². The molecule has 1 saturated carbocycles. The number of hydrazine groups is 1. The summed E-state index contributed by atoms with van der Waals surface area (Å²) in [6.45, 7) is 7.45. The number of carbonyl (C=O) groups is 3. The van der Waals surface area contributed by atoms with Gasteiger partial charge < -0.3 is 20.1 Å². The third-order valence-corrected chi connectivity index (χ3v) is 6.81. The van der Waals surface area contributed by atoms with E-state index in [0.29, 0.717) is 37.7 Å². The second-order valence-electron chi connectivity index (χ2n) is 9.73. The maximum atomic E-state index is 12.9. The number of ether oxygens (including phenoxy) is 2. The Hall–Kier alpha value is -2.81. The van der Waals surface area contributed by atoms with Crippen LogP contribution in [0.3, 0.4) is 0 Å². The highest BCUT2D eigenvalue weighted by atomic mass is 16.5. The normalized spacial score (nSPS) is 25.7. The van der Waals surface area contributed by atoms with Gasteiger partial charge in [-0.2, -0.15) is 5.01 Å². The Morgan fingerprint density at radius 1 is 1.18 bits per heavy atom. The van der Waals surface area contributed by atoms with E-state index in [-0.39, 0.29) is 24.4 Å². The molecule has 2 heterocycles. The van der Waals surface area contributed by atoms with Gasteiger partial charge in [0.05, 0.1) is 19.8 Å². The molecule has 0 radical (unpaired) electrons. The van der Waals surface area contributed by atoms with Crippen molar-refractivity contribution in [1.29, 1.82) is 0 Å². The van der Waals surface area contributed by atoms with E-state index in [1.54, 1.807) is 0 Å². The molecule has 0 bridgehead atoms. The van der Waals surface area contributed by atoms with Gasteiger partial charge in [-0.25, -0.2) is 4.79 Å². The Bertz CT molecular complexity index is 910. The third-order valence-electron chi connectivity index (χ3n) is 6.81. The summed E-state index contributed by atoms with van der Waals surface area (Å²) < 4.78 is 11.5. The van der Waals surface area contributed by atoms with E-state index in [1.165, 1.54) is 0 Å². The molecule has 9 heteroatoms. The van der Waals surface area contributed by atoms with E-state index in [1.807, 2.05) is 18.2 Å². The molecular weight excluding hydrogens is 424 g/mol. The molecule has 180 valence electrons. The Kier molecular flexibility index (Phi) is 6.78. The van der Waals surface area contributed by atoms with Gasteiger partial charge in [0.1, 0.15) is 5.54 Å². The predicted octanol–water partition coefficient (Wildman–Crippen LogP) is 2.67. The van der Waals surface area contributed by atoms with Crippen molar-refractivity contribution < 1.29 is 23.9 Å². The number of amides is 4. The SMILES string of the molecule is CC1CCC2(CC1)NC(=O)N(NC(=O)CN[C@@H](c1ccc3c(c1)OCCCO3)C(C)C)C2=O. The van der Waals surface area contributed by atoms with Crippen molar-refractivity contribution in [2.24, 2.45) is 11.8 Å². The lowest BCUT2D eigenvalue weighted by Crippen LogP contribution is -2.52. The van der Waals surface area contributed by atoms with Crippen molar-refractivity contribution in [1.82, 2.24) is 21.1 Å². The minimum atomic E-state index is -0.880. The quantitative estimate of drug-likeness (QED) is 0.566. The number of carbonyl (C=O) groups excluding carboxylic acids is 3. The van der Waals surface area contributed by atoms with E-state index >= 15 is 0 Å². The number of benzene rings is 1. The largest absolute Gasteiger partial charge is 0.490 e. The van der Waals surface area contributed by atoms with Crippen molar-refractivity contribution >= 4 is 17.8 Å². The fraction of sp³-hybridized carbons (Fsp3) is 0.625. The zero-order chi connectivity index (χ0) is 23.6. The number of imide groups is 1. The molecule has 1 saturated heterocycles. The maximum absolute atomic E-state index is 12.9. The Labute approximate surface area is 194 Å². The van der Waals surface area contributed by atoms with Crippen LogP contribution >= 0.6 is 0 Å². The lowest BCUT2D eigenvalue weighted by Gasteiger charge is -2.33. The van der Waals surface area contributed by atoms with Gasteiger partial charge in [-0.15, -0.1) is 0 Å². The molecule has 4 rings (SSSR count). The van der Waals surface area contributed by atoms with Crippen LogP contribution in [0.15, 0.2) is 18.2 Å². The topological polar surface area (TPSA) is 109 Å². The minimum absolute atomic E-state index is 0.0433. The van der Waals surface area contributed by atoms with E-state index < -0.39 is 17.5 Å². The summed E-state index contributed by atoms with van der Waals surface area (Å²) in [4.78, 5) is 38.0. The average molecular weight is 459 g/mol. The first-order valence-electron chi connectivity index (χ1n) is 11.9. The maximum Gasteiger partial charge on any atom is 0.344 e. The van der Waals surface area contributed by atoms with E-state index in [0.717, 1.165) is 35.6 Å². The molecule has 1 aliphatic carbocycles. The molecule has 1 spiro atoms. The third kappa shape index (κ3) is 4.93. The van der Waals surface area contributed by atoms with Crippen molar-refractivity contribution in [2.45, 2.75) is 64.5 Å². The fourth-order valence-corrected chi connectivity index (χ4v) is 4.79. The van der Waals surface area contributed by atoms with Gasteiger partial charge >= 0.3 is 6.03 Å². The van der Waals surface area contributed by atoms with Crippen molar-refractivity contribution in [3.8, 4) is 11.5 Å². The van der Waals surface area contributed by atoms with E-state index in [2.05, 4.69) is 36.8 Å². The van der Waals surface area contributed by atoms with Crippen LogP contribution in [0.25, 0.3) is 0 Å². The number of urea groups is 1. The predicted molar refractivity (Wildman–Crippen MR) is 122 cm³/mol. The smallest absolute Gasteiger partial charge is 0.344 e. The van der Waals surface area contributed by atoms with Crippen LogP contribution in [0.1, 0.15) is 64.5 Å². The van der Waals surface area contributed by atoms with Crippen molar-refractivity contribution in [3.63, 3.8) is 0 Å². The van der Waals surface area contributed by atoms with Gasteiger partial charge in [-0.05, 0) is 55.2 Å². The first-order valence-corrected chi connectivity index (χ1v) is 11.9. The first-order chi connectivity index (χ1) is 15.8. The molecule has 4 amide bonds. The number of fused-ring (bicyclic) bond motifs is 1. The van der Waals surface area contributed by atoms with Crippen LogP contribution in [0.4, 0.5) is 4.79 Å². The molecule has 1 atom stereocenters. The molecule has 2 aliphatic heterocycles. The van der Waals surface area contributed by atoms with Gasteiger partial charge in [0.25, 0.3) is 11.8 Å². The van der Waals surface area contributed by atoms with Gasteiger partial charge in [0, 0.05) is 12.5 Å². The summed E-state index contributed by atoms with van der Waals surface area (Å²) in [6, 6.07) is 5.12. The monoisotopic (exact) mass is 458 g/mol. The number of hydrogen-bond acceptors (Lipinski definition) is 6. The molecule has 1 aromatic carbocycles. The molecule has 33 heavy (non-hydrogen) atoms. The second kappa shape index (κ2) is 9.59. The van der Waals surface area contributed by atoms with Crippen LogP contribution in [0, 0.1) is 11.8 Å². The van der Waals surface area contributed by atoms with Gasteiger partial charge in [-0.1, -0.05) is 26.8 Å². The molecule has 1 aromatic rings. The van der Waals surface area contributed by atoms with Crippen LogP contribution < -0.4 is 25.5 Å². The average Bonchev–Trinajstić information content (AvgIpc) is 2.93. The van der Waals surface area contributed by atoms with Gasteiger partial charge in [0.15, 0.2) is 11.5 Å². The van der Waals surface area contributed by atoms with E-state index in [9.17, 15) is 14.4 Å². The number of rotatable bonds is 6. The summed E-state index contributed by atoms with van der Waals surface area (Å²) in [7, 11) is 0. The molecule has 3 aliphatic rings. The first kappa shape index (κ1) is 23.4. The highest BCUT2D eigenvalue weighted by Gasteiger charge is 2.52.